The zero-order valence-electron chi connectivity index (χ0n) is 12.9. The molecule has 0 radical (unpaired) electrons. The van der Waals surface area contributed by atoms with Gasteiger partial charge in [-0.15, -0.1) is 0 Å². The number of amides is 1. The van der Waals surface area contributed by atoms with Crippen molar-refractivity contribution < 1.29 is 4.79 Å². The zero-order chi connectivity index (χ0) is 16.1. The fourth-order valence-electron chi connectivity index (χ4n) is 2.21. The summed E-state index contributed by atoms with van der Waals surface area (Å²) in [5.74, 6) is 0.142. The van der Waals surface area contributed by atoms with Crippen molar-refractivity contribution >= 4 is 44.9 Å². The van der Waals surface area contributed by atoms with Crippen molar-refractivity contribution in [1.29, 1.82) is 0 Å². The molecule has 1 amide bonds. The van der Waals surface area contributed by atoms with Crippen LogP contribution in [0, 0.1) is 0 Å². The van der Waals surface area contributed by atoms with Gasteiger partial charge in [0.05, 0.1) is 6.54 Å². The van der Waals surface area contributed by atoms with Crippen LogP contribution in [0.1, 0.15) is 0 Å². The first-order chi connectivity index (χ1) is 10.5. The minimum atomic E-state index is 0.142. The van der Waals surface area contributed by atoms with E-state index in [0.29, 0.717) is 6.54 Å². The fraction of sp³-hybridized carbons (Fsp3) is 0.467. The molecule has 0 aliphatic carbocycles. The predicted molar refractivity (Wildman–Crippen MR) is 97.1 cm³/mol. The standard InChI is InChI=1S/C15H21BrN4OS/c1-18(2)14(21)11-19-6-8-20(9-7-19)15(22)17-13-5-3-4-12(16)10-13/h3-5,10H,6-9,11H2,1-2H3,(H,17,22). The number of nitrogens with zero attached hydrogens (tertiary/aromatic N) is 3. The van der Waals surface area contributed by atoms with Gasteiger partial charge in [-0.25, -0.2) is 0 Å². The Bertz CT molecular complexity index is 544. The van der Waals surface area contributed by atoms with E-state index < -0.39 is 0 Å². The van der Waals surface area contributed by atoms with Crippen molar-refractivity contribution in [2.75, 3.05) is 52.1 Å². The molecule has 1 heterocycles. The second-order valence-electron chi connectivity index (χ2n) is 5.49. The van der Waals surface area contributed by atoms with E-state index in [1.165, 1.54) is 0 Å². The molecule has 1 N–H and O–H groups in total. The number of thiocarbonyl (C=S) groups is 1. The number of hydrogen-bond acceptors (Lipinski definition) is 3. The van der Waals surface area contributed by atoms with Crippen LogP contribution in [0.15, 0.2) is 28.7 Å². The number of benzene rings is 1. The molecule has 0 atom stereocenters. The van der Waals surface area contributed by atoms with Crippen LogP contribution in [0.2, 0.25) is 0 Å². The van der Waals surface area contributed by atoms with E-state index in [9.17, 15) is 4.79 Å². The molecule has 0 aromatic heterocycles. The van der Waals surface area contributed by atoms with Gasteiger partial charge in [-0.3, -0.25) is 9.69 Å². The first-order valence-electron chi connectivity index (χ1n) is 7.19. The molecule has 0 bridgehead atoms. The summed E-state index contributed by atoms with van der Waals surface area (Å²) in [7, 11) is 3.57. The first kappa shape index (κ1) is 17.2. The third kappa shape index (κ3) is 4.93. The molecule has 1 aliphatic heterocycles. The smallest absolute Gasteiger partial charge is 0.236 e. The molecule has 1 aromatic carbocycles. The first-order valence-corrected chi connectivity index (χ1v) is 8.40. The monoisotopic (exact) mass is 384 g/mol. The third-order valence-electron chi connectivity index (χ3n) is 3.59. The van der Waals surface area contributed by atoms with Gasteiger partial charge in [-0.05, 0) is 30.4 Å². The van der Waals surface area contributed by atoms with Crippen LogP contribution in [0.25, 0.3) is 0 Å². The number of nitrogens with one attached hydrogen (secondary N) is 1. The van der Waals surface area contributed by atoms with Crippen LogP contribution in [-0.4, -0.2) is 72.5 Å². The van der Waals surface area contributed by atoms with Gasteiger partial charge < -0.3 is 15.1 Å². The summed E-state index contributed by atoms with van der Waals surface area (Å²) < 4.78 is 1.02. The zero-order valence-corrected chi connectivity index (χ0v) is 15.3. The third-order valence-corrected chi connectivity index (χ3v) is 4.45. The molecule has 1 aromatic rings. The summed E-state index contributed by atoms with van der Waals surface area (Å²) in [5.41, 5.74) is 0.976. The number of carbonyl (C=O) groups is 1. The SMILES string of the molecule is CN(C)C(=O)CN1CCN(C(=S)Nc2cccc(Br)c2)CC1. The molecule has 120 valence electrons. The Morgan fingerprint density at radius 1 is 1.32 bits per heavy atom. The lowest BCUT2D eigenvalue weighted by Gasteiger charge is -2.36. The highest BCUT2D eigenvalue weighted by molar-refractivity contribution is 9.10. The Morgan fingerprint density at radius 3 is 2.59 bits per heavy atom. The van der Waals surface area contributed by atoms with Gasteiger partial charge in [0.1, 0.15) is 0 Å². The highest BCUT2D eigenvalue weighted by atomic mass is 79.9. The van der Waals surface area contributed by atoms with Crippen molar-refractivity contribution in [1.82, 2.24) is 14.7 Å². The summed E-state index contributed by atoms with van der Waals surface area (Å²) in [4.78, 5) is 17.7. The maximum atomic E-state index is 11.7. The average molecular weight is 385 g/mol. The Balaban J connectivity index is 1.81. The lowest BCUT2D eigenvalue weighted by molar-refractivity contribution is -0.130. The van der Waals surface area contributed by atoms with Crippen LogP contribution < -0.4 is 5.32 Å². The Labute approximate surface area is 145 Å². The second kappa shape index (κ2) is 7.89. The quantitative estimate of drug-likeness (QED) is 0.805. The number of rotatable bonds is 3. The van der Waals surface area contributed by atoms with E-state index in [1.807, 2.05) is 24.3 Å². The molecule has 22 heavy (non-hydrogen) atoms. The molecule has 5 nitrogen and oxygen atoms in total. The maximum absolute atomic E-state index is 11.7. The van der Waals surface area contributed by atoms with Crippen molar-refractivity contribution in [3.05, 3.63) is 28.7 Å². The molecular formula is C15H21BrN4OS. The van der Waals surface area contributed by atoms with E-state index in [0.717, 1.165) is 41.5 Å². The van der Waals surface area contributed by atoms with Crippen LogP contribution in [-0.2, 0) is 4.79 Å². The topological polar surface area (TPSA) is 38.8 Å². The highest BCUT2D eigenvalue weighted by Gasteiger charge is 2.21. The number of carbonyl (C=O) groups excluding carboxylic acids is 1. The van der Waals surface area contributed by atoms with E-state index in [4.69, 9.17) is 12.2 Å². The Kier molecular flexibility index (Phi) is 6.16. The van der Waals surface area contributed by atoms with Gasteiger partial charge in [-0.2, -0.15) is 0 Å². The molecular weight excluding hydrogens is 364 g/mol. The minimum Gasteiger partial charge on any atom is -0.348 e. The van der Waals surface area contributed by atoms with Crippen molar-refractivity contribution in [2.24, 2.45) is 0 Å². The summed E-state index contributed by atoms with van der Waals surface area (Å²) in [6.45, 7) is 3.84. The van der Waals surface area contributed by atoms with Gasteiger partial charge in [0.25, 0.3) is 0 Å². The molecule has 0 spiro atoms. The second-order valence-corrected chi connectivity index (χ2v) is 6.79. The van der Waals surface area contributed by atoms with Gasteiger partial charge in [-0.1, -0.05) is 22.0 Å². The lowest BCUT2D eigenvalue weighted by Crippen LogP contribution is -2.51. The van der Waals surface area contributed by atoms with E-state index in [2.05, 4.69) is 31.0 Å². The van der Waals surface area contributed by atoms with Crippen LogP contribution in [0.4, 0.5) is 5.69 Å². The molecule has 1 saturated heterocycles. The van der Waals surface area contributed by atoms with Crippen LogP contribution in [0.3, 0.4) is 0 Å². The predicted octanol–water partition coefficient (Wildman–Crippen LogP) is 1.85. The van der Waals surface area contributed by atoms with E-state index >= 15 is 0 Å². The van der Waals surface area contributed by atoms with Crippen molar-refractivity contribution in [3.8, 4) is 0 Å². The number of hydrogen-bond donors (Lipinski definition) is 1. The van der Waals surface area contributed by atoms with E-state index in [-0.39, 0.29) is 5.91 Å². The number of piperazine rings is 1. The van der Waals surface area contributed by atoms with Crippen LogP contribution in [0.5, 0.6) is 0 Å². The Morgan fingerprint density at radius 2 is 2.00 bits per heavy atom. The summed E-state index contributed by atoms with van der Waals surface area (Å²) in [6, 6.07) is 7.94. The minimum absolute atomic E-state index is 0.142. The largest absolute Gasteiger partial charge is 0.348 e. The highest BCUT2D eigenvalue weighted by Crippen LogP contribution is 2.16. The lowest BCUT2D eigenvalue weighted by atomic mass is 10.3. The number of likely N-dealkylation sites (N-methyl/N-ethyl adjacent to an activating group) is 1. The van der Waals surface area contributed by atoms with E-state index in [1.54, 1.807) is 19.0 Å². The van der Waals surface area contributed by atoms with Gasteiger partial charge in [0, 0.05) is 50.4 Å². The van der Waals surface area contributed by atoms with Crippen molar-refractivity contribution in [3.63, 3.8) is 0 Å². The fourth-order valence-corrected chi connectivity index (χ4v) is 2.91. The number of halogens is 1. The maximum Gasteiger partial charge on any atom is 0.236 e. The summed E-state index contributed by atoms with van der Waals surface area (Å²) in [5, 5.41) is 3.99. The van der Waals surface area contributed by atoms with Gasteiger partial charge in [0.2, 0.25) is 5.91 Å². The number of anilines is 1. The molecule has 7 heteroatoms. The normalized spacial score (nSPS) is 15.5. The molecule has 0 unspecified atom stereocenters. The van der Waals surface area contributed by atoms with Gasteiger partial charge >= 0.3 is 0 Å². The Hall–Kier alpha value is -1.18. The molecule has 1 fully saturated rings. The molecule has 1 aliphatic rings. The summed E-state index contributed by atoms with van der Waals surface area (Å²) in [6.07, 6.45) is 0. The molecule has 2 rings (SSSR count). The molecule has 0 saturated carbocycles. The summed E-state index contributed by atoms with van der Waals surface area (Å²) >= 11 is 8.92. The average Bonchev–Trinajstić information content (AvgIpc) is 2.47. The van der Waals surface area contributed by atoms with Crippen LogP contribution >= 0.6 is 28.1 Å². The van der Waals surface area contributed by atoms with Gasteiger partial charge in [0.15, 0.2) is 5.11 Å². The van der Waals surface area contributed by atoms with Crippen molar-refractivity contribution in [2.45, 2.75) is 0 Å².